The lowest BCUT2D eigenvalue weighted by Crippen LogP contribution is -2.43. The van der Waals surface area contributed by atoms with Crippen LogP contribution in [0.15, 0.2) is 18.3 Å². The molecule has 3 rings (SSSR count). The lowest BCUT2D eigenvalue weighted by Gasteiger charge is -2.39. The molecule has 2 aromatic heterocycles. The molecule has 1 N–H and O–H groups in total. The van der Waals surface area contributed by atoms with Gasteiger partial charge in [-0.25, -0.2) is 4.98 Å². The summed E-state index contributed by atoms with van der Waals surface area (Å²) in [7, 11) is 0. The third-order valence-corrected chi connectivity index (χ3v) is 6.01. The summed E-state index contributed by atoms with van der Waals surface area (Å²) in [6.45, 7) is 10.0. The molecule has 3 heterocycles. The van der Waals surface area contributed by atoms with E-state index in [2.05, 4.69) is 53.1 Å². The number of thiazole rings is 1. The highest BCUT2D eigenvalue weighted by Crippen LogP contribution is 2.30. The minimum absolute atomic E-state index is 0.0692. The Morgan fingerprint density at radius 3 is 2.77 bits per heavy atom. The lowest BCUT2D eigenvalue weighted by atomic mass is 9.85. The molecule has 1 amide bonds. The van der Waals surface area contributed by atoms with Gasteiger partial charge in [-0.05, 0) is 70.2 Å². The van der Waals surface area contributed by atoms with Gasteiger partial charge in [0.25, 0.3) is 0 Å². The zero-order chi connectivity index (χ0) is 18.7. The summed E-state index contributed by atoms with van der Waals surface area (Å²) >= 11 is 1.57. The molecule has 1 aliphatic heterocycles. The van der Waals surface area contributed by atoms with E-state index in [9.17, 15) is 4.79 Å². The number of hydrogen-bond donors (Lipinski definition) is 1. The van der Waals surface area contributed by atoms with Gasteiger partial charge in [0.05, 0.1) is 0 Å². The van der Waals surface area contributed by atoms with Crippen molar-refractivity contribution in [3.05, 3.63) is 40.2 Å². The number of pyridine rings is 1. The molecule has 140 valence electrons. The largest absolute Gasteiger partial charge is 0.302 e. The fourth-order valence-electron chi connectivity index (χ4n) is 3.93. The minimum Gasteiger partial charge on any atom is -0.302 e. The first kappa shape index (κ1) is 19.0. The van der Waals surface area contributed by atoms with Crippen molar-refractivity contribution in [2.24, 2.45) is 5.92 Å². The smallest absolute Gasteiger partial charge is 0.223 e. The summed E-state index contributed by atoms with van der Waals surface area (Å²) in [4.78, 5) is 23.7. The molecule has 1 fully saturated rings. The Hall–Kier alpha value is -1.79. The fraction of sp³-hybridized carbons (Fsp3) is 0.550. The van der Waals surface area contributed by atoms with Gasteiger partial charge in [-0.2, -0.15) is 0 Å². The number of likely N-dealkylation sites (tertiary alicyclic amines) is 1. The van der Waals surface area contributed by atoms with Crippen LogP contribution < -0.4 is 5.32 Å². The van der Waals surface area contributed by atoms with Crippen LogP contribution in [0.2, 0.25) is 0 Å². The Balaban J connectivity index is 1.64. The van der Waals surface area contributed by atoms with Gasteiger partial charge in [0, 0.05) is 42.0 Å². The summed E-state index contributed by atoms with van der Waals surface area (Å²) in [6.07, 6.45) is 5.51. The number of nitrogens with zero attached hydrogens (tertiary/aromatic N) is 3. The second-order valence-electron chi connectivity index (χ2n) is 7.39. The number of hydrogen-bond acceptors (Lipinski definition) is 5. The van der Waals surface area contributed by atoms with Crippen molar-refractivity contribution in [3.63, 3.8) is 0 Å². The quantitative estimate of drug-likeness (QED) is 0.863. The molecule has 0 spiro atoms. The Morgan fingerprint density at radius 1 is 1.35 bits per heavy atom. The third kappa shape index (κ3) is 4.89. The van der Waals surface area contributed by atoms with Crippen LogP contribution in [-0.4, -0.2) is 33.4 Å². The van der Waals surface area contributed by atoms with Crippen molar-refractivity contribution in [2.45, 2.75) is 59.5 Å². The summed E-state index contributed by atoms with van der Waals surface area (Å²) in [5.41, 5.74) is 3.62. The van der Waals surface area contributed by atoms with Gasteiger partial charge >= 0.3 is 0 Å². The first-order chi connectivity index (χ1) is 12.4. The van der Waals surface area contributed by atoms with E-state index >= 15 is 0 Å². The van der Waals surface area contributed by atoms with Crippen molar-refractivity contribution >= 4 is 22.4 Å². The van der Waals surface area contributed by atoms with Crippen LogP contribution in [0.5, 0.6) is 0 Å². The predicted molar refractivity (Wildman–Crippen MR) is 106 cm³/mol. The average molecular weight is 373 g/mol. The molecular weight excluding hydrogens is 344 g/mol. The van der Waals surface area contributed by atoms with E-state index in [1.165, 1.54) is 30.2 Å². The van der Waals surface area contributed by atoms with Crippen molar-refractivity contribution in [1.29, 1.82) is 0 Å². The Bertz CT molecular complexity index is 753. The number of amides is 1. The minimum atomic E-state index is -0.0692. The maximum Gasteiger partial charge on any atom is 0.223 e. The number of anilines is 1. The molecule has 2 aromatic rings. The molecule has 0 saturated carbocycles. The maximum absolute atomic E-state index is 11.2. The third-order valence-electron chi connectivity index (χ3n) is 5.11. The summed E-state index contributed by atoms with van der Waals surface area (Å²) in [5.74, 6) is 0.591. The molecular formula is C20H28N4OS. The molecule has 1 saturated heterocycles. The van der Waals surface area contributed by atoms with E-state index in [1.807, 2.05) is 6.20 Å². The van der Waals surface area contributed by atoms with E-state index in [1.54, 1.807) is 11.3 Å². The second kappa shape index (κ2) is 8.27. The Labute approximate surface area is 159 Å². The van der Waals surface area contributed by atoms with Gasteiger partial charge in [-0.1, -0.05) is 0 Å². The number of carbonyl (C=O) groups excluding carboxylic acids is 1. The summed E-state index contributed by atoms with van der Waals surface area (Å²) < 4.78 is 0. The zero-order valence-electron chi connectivity index (χ0n) is 16.1. The van der Waals surface area contributed by atoms with Crippen LogP contribution in [0.3, 0.4) is 0 Å². The van der Waals surface area contributed by atoms with Gasteiger partial charge in [-0.3, -0.25) is 14.7 Å². The lowest BCUT2D eigenvalue weighted by molar-refractivity contribution is -0.114. The number of carbonyl (C=O) groups is 1. The second-order valence-corrected chi connectivity index (χ2v) is 8.50. The normalized spacial score (nSPS) is 20.9. The van der Waals surface area contributed by atoms with Gasteiger partial charge in [0.1, 0.15) is 0 Å². The molecule has 26 heavy (non-hydrogen) atoms. The van der Waals surface area contributed by atoms with E-state index in [0.717, 1.165) is 30.9 Å². The topological polar surface area (TPSA) is 58.1 Å². The highest BCUT2D eigenvalue weighted by Gasteiger charge is 2.28. The molecule has 0 aliphatic carbocycles. The van der Waals surface area contributed by atoms with Crippen molar-refractivity contribution < 1.29 is 4.79 Å². The van der Waals surface area contributed by atoms with Crippen LogP contribution in [-0.2, 0) is 17.8 Å². The fourth-order valence-corrected chi connectivity index (χ4v) is 4.81. The molecule has 5 nitrogen and oxygen atoms in total. The van der Waals surface area contributed by atoms with Gasteiger partial charge in [0.2, 0.25) is 5.91 Å². The summed E-state index contributed by atoms with van der Waals surface area (Å²) in [5, 5.41) is 3.46. The number of aromatic nitrogens is 2. The van der Waals surface area contributed by atoms with Crippen LogP contribution in [0.25, 0.3) is 0 Å². The van der Waals surface area contributed by atoms with Crippen molar-refractivity contribution in [2.75, 3.05) is 11.9 Å². The van der Waals surface area contributed by atoms with E-state index < -0.39 is 0 Å². The molecule has 1 unspecified atom stereocenters. The molecule has 0 radical (unpaired) electrons. The van der Waals surface area contributed by atoms with Crippen molar-refractivity contribution in [3.8, 4) is 0 Å². The first-order valence-electron chi connectivity index (χ1n) is 9.31. The Kier molecular flexibility index (Phi) is 6.04. The average Bonchev–Trinajstić information content (AvgIpc) is 2.96. The first-order valence-corrected chi connectivity index (χ1v) is 10.1. The predicted octanol–water partition coefficient (Wildman–Crippen LogP) is 3.96. The van der Waals surface area contributed by atoms with E-state index in [4.69, 9.17) is 0 Å². The Morgan fingerprint density at radius 2 is 2.08 bits per heavy atom. The molecule has 6 heteroatoms. The SMILES string of the molecule is CC(=O)Nc1ncc(CN2CCCC(Cc3cc(C)nc(C)c3)[C@H]2C)s1. The van der Waals surface area contributed by atoms with E-state index in [-0.39, 0.29) is 5.91 Å². The number of aryl methyl sites for hydroxylation is 2. The van der Waals surface area contributed by atoms with Crippen LogP contribution >= 0.6 is 11.3 Å². The van der Waals surface area contributed by atoms with Crippen LogP contribution in [0.4, 0.5) is 5.13 Å². The molecule has 0 bridgehead atoms. The van der Waals surface area contributed by atoms with Gasteiger partial charge < -0.3 is 5.32 Å². The number of rotatable bonds is 5. The van der Waals surface area contributed by atoms with Crippen molar-refractivity contribution in [1.82, 2.24) is 14.9 Å². The number of nitrogens with one attached hydrogen (secondary N) is 1. The van der Waals surface area contributed by atoms with Crippen LogP contribution in [0, 0.1) is 19.8 Å². The monoisotopic (exact) mass is 372 g/mol. The van der Waals surface area contributed by atoms with E-state index in [0.29, 0.717) is 17.1 Å². The zero-order valence-corrected chi connectivity index (χ0v) is 16.9. The standard InChI is InChI=1S/C20H28N4OS/c1-13-8-17(9-14(2)22-13)10-18-6-5-7-24(15(18)3)12-19-11-21-20(26-19)23-16(4)25/h8-9,11,15,18H,5-7,10,12H2,1-4H3,(H,21,23,25)/t15-,18?/m1/s1. The van der Waals surface area contributed by atoms with Gasteiger partial charge in [-0.15, -0.1) is 11.3 Å². The molecule has 1 aliphatic rings. The highest BCUT2D eigenvalue weighted by atomic mass is 32.1. The molecule has 2 atom stereocenters. The highest BCUT2D eigenvalue weighted by molar-refractivity contribution is 7.15. The summed E-state index contributed by atoms with van der Waals surface area (Å²) in [6, 6.07) is 4.98. The molecule has 0 aromatic carbocycles. The maximum atomic E-state index is 11.2. The number of piperidine rings is 1. The van der Waals surface area contributed by atoms with Gasteiger partial charge in [0.15, 0.2) is 5.13 Å². The van der Waals surface area contributed by atoms with Crippen LogP contribution in [0.1, 0.15) is 48.5 Å².